The van der Waals surface area contributed by atoms with E-state index < -0.39 is 20.5 Å². The molecule has 1 N–H and O–H groups in total. The zero-order valence-corrected chi connectivity index (χ0v) is 12.1. The van der Waals surface area contributed by atoms with Crippen molar-refractivity contribution in [2.24, 2.45) is 5.92 Å². The Labute approximate surface area is 108 Å². The highest BCUT2D eigenvalue weighted by molar-refractivity contribution is 7.92. The SMILES string of the molecule is CC(C)(C(=O)NC1CCCC1CCl)S(C)(=O)=O. The first-order valence-corrected chi connectivity index (χ1v) is 8.19. The lowest BCUT2D eigenvalue weighted by molar-refractivity contribution is -0.123. The standard InChI is InChI=1S/C11H20ClNO3S/c1-11(2,17(3,15)16)10(14)13-9-6-4-5-8(9)7-12/h8-9H,4-7H2,1-3H3,(H,13,14). The third-order valence-corrected chi connectivity index (χ3v) is 6.08. The van der Waals surface area contributed by atoms with E-state index in [-0.39, 0.29) is 12.0 Å². The summed E-state index contributed by atoms with van der Waals surface area (Å²) in [6.07, 6.45) is 3.98. The Morgan fingerprint density at radius 2 is 2.00 bits per heavy atom. The molecule has 1 aliphatic carbocycles. The molecular formula is C11H20ClNO3S. The second-order valence-electron chi connectivity index (χ2n) is 5.21. The van der Waals surface area contributed by atoms with Crippen molar-refractivity contribution in [3.05, 3.63) is 0 Å². The van der Waals surface area contributed by atoms with Crippen molar-refractivity contribution >= 4 is 27.3 Å². The molecule has 1 aliphatic rings. The van der Waals surface area contributed by atoms with Gasteiger partial charge in [-0.1, -0.05) is 6.42 Å². The number of nitrogens with one attached hydrogen (secondary N) is 1. The number of amides is 1. The van der Waals surface area contributed by atoms with Gasteiger partial charge in [0.05, 0.1) is 0 Å². The number of carbonyl (C=O) groups is 1. The van der Waals surface area contributed by atoms with Crippen molar-refractivity contribution < 1.29 is 13.2 Å². The lowest BCUT2D eigenvalue weighted by Crippen LogP contribution is -2.51. The van der Waals surface area contributed by atoms with Gasteiger partial charge in [-0.25, -0.2) is 8.42 Å². The number of halogens is 1. The van der Waals surface area contributed by atoms with E-state index in [1.807, 2.05) is 0 Å². The summed E-state index contributed by atoms with van der Waals surface area (Å²) in [5, 5.41) is 2.82. The number of hydrogen-bond donors (Lipinski definition) is 1. The molecule has 0 aromatic heterocycles. The Bertz CT molecular complexity index is 392. The molecule has 0 aliphatic heterocycles. The molecule has 2 atom stereocenters. The fraction of sp³-hybridized carbons (Fsp3) is 0.909. The normalized spacial score (nSPS) is 25.9. The van der Waals surface area contributed by atoms with Crippen LogP contribution in [0.1, 0.15) is 33.1 Å². The zero-order valence-electron chi connectivity index (χ0n) is 10.5. The van der Waals surface area contributed by atoms with E-state index in [1.54, 1.807) is 0 Å². The summed E-state index contributed by atoms with van der Waals surface area (Å²) in [7, 11) is -3.41. The van der Waals surface area contributed by atoms with Gasteiger partial charge in [0, 0.05) is 18.2 Å². The fourth-order valence-corrected chi connectivity index (χ4v) is 2.69. The highest BCUT2D eigenvalue weighted by Gasteiger charge is 2.40. The van der Waals surface area contributed by atoms with Gasteiger partial charge in [-0.05, 0) is 32.6 Å². The minimum atomic E-state index is -3.41. The van der Waals surface area contributed by atoms with Crippen LogP contribution in [-0.4, -0.2) is 37.2 Å². The van der Waals surface area contributed by atoms with E-state index >= 15 is 0 Å². The number of carbonyl (C=O) groups excluding carboxylic acids is 1. The average molecular weight is 282 g/mol. The lowest BCUT2D eigenvalue weighted by atomic mass is 10.0. The van der Waals surface area contributed by atoms with E-state index in [2.05, 4.69) is 5.32 Å². The number of rotatable bonds is 4. The molecular weight excluding hydrogens is 262 g/mol. The Balaban J connectivity index is 2.73. The molecule has 0 saturated heterocycles. The van der Waals surface area contributed by atoms with Gasteiger partial charge in [0.1, 0.15) is 4.75 Å². The van der Waals surface area contributed by atoms with E-state index in [4.69, 9.17) is 11.6 Å². The monoisotopic (exact) mass is 281 g/mol. The molecule has 1 amide bonds. The molecule has 1 fully saturated rings. The predicted molar refractivity (Wildman–Crippen MR) is 68.9 cm³/mol. The quantitative estimate of drug-likeness (QED) is 0.791. The van der Waals surface area contributed by atoms with Crippen LogP contribution in [0.5, 0.6) is 0 Å². The van der Waals surface area contributed by atoms with Crippen molar-refractivity contribution in [2.45, 2.75) is 43.9 Å². The Kier molecular flexibility index (Phi) is 4.47. The van der Waals surface area contributed by atoms with Crippen molar-refractivity contribution in [3.63, 3.8) is 0 Å². The number of hydrogen-bond acceptors (Lipinski definition) is 3. The molecule has 17 heavy (non-hydrogen) atoms. The van der Waals surface area contributed by atoms with Gasteiger partial charge in [-0.3, -0.25) is 4.79 Å². The third kappa shape index (κ3) is 3.13. The van der Waals surface area contributed by atoms with Crippen LogP contribution in [0.2, 0.25) is 0 Å². The van der Waals surface area contributed by atoms with Crippen molar-refractivity contribution in [1.29, 1.82) is 0 Å². The molecule has 0 bridgehead atoms. The Hall–Kier alpha value is -0.290. The maximum atomic E-state index is 12.0. The van der Waals surface area contributed by atoms with Crippen LogP contribution in [0.4, 0.5) is 0 Å². The van der Waals surface area contributed by atoms with Gasteiger partial charge in [0.2, 0.25) is 5.91 Å². The minimum absolute atomic E-state index is 0.0148. The maximum Gasteiger partial charge on any atom is 0.241 e. The molecule has 1 saturated carbocycles. The van der Waals surface area contributed by atoms with Crippen LogP contribution in [0, 0.1) is 5.92 Å². The molecule has 100 valence electrons. The van der Waals surface area contributed by atoms with E-state index in [9.17, 15) is 13.2 Å². The summed E-state index contributed by atoms with van der Waals surface area (Å²) >= 11 is 5.82. The minimum Gasteiger partial charge on any atom is -0.352 e. The second kappa shape index (κ2) is 5.14. The first kappa shape index (κ1) is 14.8. The van der Waals surface area contributed by atoms with Crippen molar-refractivity contribution in [3.8, 4) is 0 Å². The number of sulfone groups is 1. The summed E-state index contributed by atoms with van der Waals surface area (Å²) < 4.78 is 21.7. The molecule has 1 rings (SSSR count). The summed E-state index contributed by atoms with van der Waals surface area (Å²) in [6, 6.07) is 0.0148. The van der Waals surface area contributed by atoms with Crippen LogP contribution in [0.15, 0.2) is 0 Å². The topological polar surface area (TPSA) is 63.2 Å². The molecule has 0 aromatic carbocycles. The molecule has 4 nitrogen and oxygen atoms in total. The van der Waals surface area contributed by atoms with Crippen LogP contribution in [0.25, 0.3) is 0 Å². The molecule has 6 heteroatoms. The zero-order chi connectivity index (χ0) is 13.3. The van der Waals surface area contributed by atoms with Crippen molar-refractivity contribution in [1.82, 2.24) is 5.32 Å². The fourth-order valence-electron chi connectivity index (χ4n) is 1.92. The first-order valence-electron chi connectivity index (χ1n) is 5.76. The average Bonchev–Trinajstić information content (AvgIpc) is 2.63. The molecule has 0 heterocycles. The van der Waals surface area contributed by atoms with Crippen LogP contribution < -0.4 is 5.32 Å². The van der Waals surface area contributed by atoms with E-state index in [0.717, 1.165) is 25.5 Å². The van der Waals surface area contributed by atoms with Gasteiger partial charge in [0.25, 0.3) is 0 Å². The highest BCUT2D eigenvalue weighted by Crippen LogP contribution is 2.27. The predicted octanol–water partition coefficient (Wildman–Crippen LogP) is 1.33. The van der Waals surface area contributed by atoms with Gasteiger partial charge in [-0.15, -0.1) is 11.6 Å². The second-order valence-corrected chi connectivity index (χ2v) is 8.08. The first-order chi connectivity index (χ1) is 7.70. The lowest BCUT2D eigenvalue weighted by Gasteiger charge is -2.26. The summed E-state index contributed by atoms with van der Waals surface area (Å²) in [5.74, 6) is 0.336. The third-order valence-electron chi connectivity index (χ3n) is 3.65. The summed E-state index contributed by atoms with van der Waals surface area (Å²) in [6.45, 7) is 2.87. The summed E-state index contributed by atoms with van der Waals surface area (Å²) in [5.41, 5.74) is 0. The smallest absolute Gasteiger partial charge is 0.241 e. The van der Waals surface area contributed by atoms with E-state index in [1.165, 1.54) is 13.8 Å². The maximum absolute atomic E-state index is 12.0. The Morgan fingerprint density at radius 1 is 1.41 bits per heavy atom. The van der Waals surface area contributed by atoms with E-state index in [0.29, 0.717) is 5.88 Å². The largest absolute Gasteiger partial charge is 0.352 e. The highest BCUT2D eigenvalue weighted by atomic mass is 35.5. The molecule has 0 aromatic rings. The van der Waals surface area contributed by atoms with Gasteiger partial charge < -0.3 is 5.32 Å². The molecule has 0 radical (unpaired) electrons. The Morgan fingerprint density at radius 3 is 2.47 bits per heavy atom. The van der Waals surface area contributed by atoms with Crippen LogP contribution >= 0.6 is 11.6 Å². The number of alkyl halides is 1. The van der Waals surface area contributed by atoms with Gasteiger partial charge in [0.15, 0.2) is 9.84 Å². The molecule has 0 spiro atoms. The van der Waals surface area contributed by atoms with Crippen LogP contribution in [-0.2, 0) is 14.6 Å². The summed E-state index contributed by atoms with van der Waals surface area (Å²) in [4.78, 5) is 12.0. The van der Waals surface area contributed by atoms with Crippen LogP contribution in [0.3, 0.4) is 0 Å². The van der Waals surface area contributed by atoms with Gasteiger partial charge >= 0.3 is 0 Å². The van der Waals surface area contributed by atoms with Gasteiger partial charge in [-0.2, -0.15) is 0 Å². The van der Waals surface area contributed by atoms with Crippen molar-refractivity contribution in [2.75, 3.05) is 12.1 Å². The molecule has 2 unspecified atom stereocenters.